The van der Waals surface area contributed by atoms with E-state index in [0.717, 1.165) is 61.3 Å². The van der Waals surface area contributed by atoms with Gasteiger partial charge in [-0.3, -0.25) is 4.98 Å². The minimum absolute atomic E-state index is 0.242. The Kier molecular flexibility index (Phi) is 8.23. The molecule has 0 atom stereocenters. The molecule has 15 rings (SSSR count). The van der Waals surface area contributed by atoms with Crippen molar-refractivity contribution in [3.05, 3.63) is 228 Å². The maximum absolute atomic E-state index is 7.02. The van der Waals surface area contributed by atoms with Gasteiger partial charge in [0.25, 0.3) is 0 Å². The molecule has 0 radical (unpaired) electrons. The number of aromatic nitrogens is 1. The Balaban J connectivity index is 0.977. The highest BCUT2D eigenvalue weighted by atomic mass is 16.3. The zero-order valence-corrected chi connectivity index (χ0v) is 41.2. The zero-order valence-electron chi connectivity index (χ0n) is 41.2. The molecule has 3 aliphatic rings. The van der Waals surface area contributed by atoms with Crippen LogP contribution in [0.3, 0.4) is 0 Å². The van der Waals surface area contributed by atoms with Crippen LogP contribution < -0.4 is 4.90 Å². The Labute approximate surface area is 418 Å². The summed E-state index contributed by atoms with van der Waals surface area (Å²) >= 11 is 0. The first-order valence-electron chi connectivity index (χ1n) is 25.3. The molecular weight excluding hydrogens is 877 g/mol. The number of anilines is 3. The van der Waals surface area contributed by atoms with Crippen molar-refractivity contribution in [1.29, 1.82) is 0 Å². The summed E-state index contributed by atoms with van der Waals surface area (Å²) in [7, 11) is 0. The van der Waals surface area contributed by atoms with Crippen molar-refractivity contribution < 1.29 is 8.83 Å². The average molecular weight is 927 g/mol. The lowest BCUT2D eigenvalue weighted by atomic mass is 9.72. The Morgan fingerprint density at radius 1 is 0.375 bits per heavy atom. The molecule has 3 aliphatic carbocycles. The molecule has 72 heavy (non-hydrogen) atoms. The van der Waals surface area contributed by atoms with Crippen molar-refractivity contribution >= 4 is 60.9 Å². The monoisotopic (exact) mass is 926 g/mol. The van der Waals surface area contributed by atoms with Gasteiger partial charge in [-0.1, -0.05) is 163 Å². The first kappa shape index (κ1) is 41.3. The Hall–Kier alpha value is -8.47. The number of benzene rings is 9. The normalized spacial score (nSPS) is 15.1. The number of furan rings is 2. The van der Waals surface area contributed by atoms with Gasteiger partial charge in [0.15, 0.2) is 0 Å². The summed E-state index contributed by atoms with van der Waals surface area (Å²) in [5.74, 6) is 0. The number of fused-ring (bicyclic) bond motifs is 19. The van der Waals surface area contributed by atoms with Gasteiger partial charge in [0, 0.05) is 78.2 Å². The van der Waals surface area contributed by atoms with Crippen molar-refractivity contribution in [3.8, 4) is 55.6 Å². The van der Waals surface area contributed by atoms with Gasteiger partial charge in [-0.2, -0.15) is 0 Å². The topological polar surface area (TPSA) is 42.4 Å². The summed E-state index contributed by atoms with van der Waals surface area (Å²) in [6.45, 7) is 14.5. The van der Waals surface area contributed by atoms with E-state index in [9.17, 15) is 0 Å². The molecule has 9 aromatic carbocycles. The smallest absolute Gasteiger partial charge is 0.144 e. The molecule has 344 valence electrons. The maximum atomic E-state index is 7.02. The van der Waals surface area contributed by atoms with Crippen LogP contribution in [0, 0.1) is 0 Å². The van der Waals surface area contributed by atoms with E-state index >= 15 is 0 Å². The largest absolute Gasteiger partial charge is 0.455 e. The van der Waals surface area contributed by atoms with Gasteiger partial charge in [0.1, 0.15) is 22.3 Å². The molecule has 0 saturated heterocycles. The molecular formula is C68H50N2O2. The maximum Gasteiger partial charge on any atom is 0.144 e. The van der Waals surface area contributed by atoms with Gasteiger partial charge in [0.05, 0.1) is 5.69 Å². The molecule has 0 spiro atoms. The van der Waals surface area contributed by atoms with Crippen LogP contribution in [-0.2, 0) is 16.2 Å². The minimum atomic E-state index is -0.353. The first-order chi connectivity index (χ1) is 35.0. The van der Waals surface area contributed by atoms with E-state index in [1.54, 1.807) is 0 Å². The number of hydrogen-bond donors (Lipinski definition) is 0. The van der Waals surface area contributed by atoms with Gasteiger partial charge in [-0.25, -0.2) is 0 Å². The van der Waals surface area contributed by atoms with Gasteiger partial charge in [-0.15, -0.1) is 0 Å². The minimum Gasteiger partial charge on any atom is -0.455 e. The summed E-state index contributed by atoms with van der Waals surface area (Å²) in [5, 5.41) is 4.67. The Bertz CT molecular complexity index is 4300. The Morgan fingerprint density at radius 3 is 1.60 bits per heavy atom. The van der Waals surface area contributed by atoms with E-state index in [2.05, 4.69) is 233 Å². The predicted molar refractivity (Wildman–Crippen MR) is 297 cm³/mol. The average Bonchev–Trinajstić information content (AvgIpc) is 4.16. The third-order valence-electron chi connectivity index (χ3n) is 16.9. The second-order valence-corrected chi connectivity index (χ2v) is 21.8. The fraction of sp³-hybridized carbons (Fsp3) is 0.132. The van der Waals surface area contributed by atoms with E-state index < -0.39 is 0 Å². The summed E-state index contributed by atoms with van der Waals surface area (Å²) in [4.78, 5) is 6.89. The highest BCUT2D eigenvalue weighted by Crippen LogP contribution is 2.64. The summed E-state index contributed by atoms with van der Waals surface area (Å²) < 4.78 is 13.8. The molecule has 4 nitrogen and oxygen atoms in total. The molecule has 0 bridgehead atoms. The molecule has 0 saturated carbocycles. The van der Waals surface area contributed by atoms with E-state index in [4.69, 9.17) is 8.83 Å². The number of hydrogen-bond acceptors (Lipinski definition) is 4. The van der Waals surface area contributed by atoms with Gasteiger partial charge in [-0.05, 0) is 133 Å². The van der Waals surface area contributed by atoms with E-state index in [1.165, 1.54) is 88.7 Å². The van der Waals surface area contributed by atoms with Crippen molar-refractivity contribution in [2.45, 2.75) is 57.8 Å². The van der Waals surface area contributed by atoms with Crippen LogP contribution >= 0.6 is 0 Å². The van der Waals surface area contributed by atoms with E-state index in [-0.39, 0.29) is 16.2 Å². The van der Waals surface area contributed by atoms with Crippen molar-refractivity contribution in [2.24, 2.45) is 0 Å². The fourth-order valence-electron chi connectivity index (χ4n) is 13.6. The molecule has 3 aromatic heterocycles. The fourth-order valence-corrected chi connectivity index (χ4v) is 13.6. The molecule has 0 unspecified atom stereocenters. The number of nitrogens with zero attached hydrogens (tertiary/aromatic N) is 2. The van der Waals surface area contributed by atoms with Crippen LogP contribution in [0.25, 0.3) is 99.5 Å². The molecule has 0 amide bonds. The summed E-state index contributed by atoms with van der Waals surface area (Å²) in [5.41, 5.74) is 26.3. The third kappa shape index (κ3) is 5.34. The van der Waals surface area contributed by atoms with Gasteiger partial charge >= 0.3 is 0 Å². The van der Waals surface area contributed by atoms with Gasteiger partial charge in [0.2, 0.25) is 0 Å². The molecule has 0 N–H and O–H groups in total. The highest BCUT2D eigenvalue weighted by molar-refractivity contribution is 6.21. The van der Waals surface area contributed by atoms with Crippen LogP contribution in [-0.4, -0.2) is 4.98 Å². The lowest BCUT2D eigenvalue weighted by Crippen LogP contribution is -2.24. The first-order valence-corrected chi connectivity index (χ1v) is 25.3. The highest BCUT2D eigenvalue weighted by Gasteiger charge is 2.49. The molecule has 4 heteroatoms. The van der Waals surface area contributed by atoms with Crippen LogP contribution in [0.2, 0.25) is 0 Å². The second-order valence-electron chi connectivity index (χ2n) is 21.8. The standard InChI is InChI=1S/C68H50N2O2/c1-66(2)51-36-41(28-30-45(51)57-53(66)38-49(40-32-34-69-35-33-40)64-59(57)47-22-12-16-26-55(47)71-64)70(54-25-15-11-20-43(54)39-18-8-7-9-19-39)42-29-31-46-52(37-42)68(5,6)62-58(46)60-48-23-13-17-27-56(48)72-65(60)61-44-21-10-14-24-50(44)67(3,4)63(61)62/h7-38H,1-6H3. The zero-order chi connectivity index (χ0) is 48.4. The number of pyridine rings is 1. The van der Waals surface area contributed by atoms with E-state index in [1.807, 2.05) is 12.4 Å². The predicted octanol–water partition coefficient (Wildman–Crippen LogP) is 18.6. The quantitative estimate of drug-likeness (QED) is 0.172. The Morgan fingerprint density at radius 2 is 0.889 bits per heavy atom. The summed E-state index contributed by atoms with van der Waals surface area (Å²) in [6.07, 6.45) is 3.74. The third-order valence-corrected chi connectivity index (χ3v) is 16.9. The molecule has 3 heterocycles. The van der Waals surface area contributed by atoms with Crippen LogP contribution in [0.4, 0.5) is 17.1 Å². The lowest BCUT2D eigenvalue weighted by molar-refractivity contribution is 0.600. The van der Waals surface area contributed by atoms with Crippen LogP contribution in [0.5, 0.6) is 0 Å². The van der Waals surface area contributed by atoms with Crippen LogP contribution in [0.1, 0.15) is 74.9 Å². The van der Waals surface area contributed by atoms with Crippen molar-refractivity contribution in [2.75, 3.05) is 4.90 Å². The molecule has 0 aliphatic heterocycles. The molecule has 0 fully saturated rings. The number of para-hydroxylation sites is 3. The van der Waals surface area contributed by atoms with Crippen molar-refractivity contribution in [3.63, 3.8) is 0 Å². The SMILES string of the molecule is CC1(C)c2cc(N(c3ccc4c(c3)C(C)(C)c3c5c(c6oc7ccccc7c6c3-4)-c3ccccc3C5(C)C)c3ccccc3-c3ccccc3)ccc2-c2c1cc(-c1ccncc1)c1oc3ccccc3c21. The molecule has 12 aromatic rings. The van der Waals surface area contributed by atoms with Crippen LogP contribution in [0.15, 0.2) is 203 Å². The lowest BCUT2D eigenvalue weighted by Gasteiger charge is -2.32. The van der Waals surface area contributed by atoms with Gasteiger partial charge < -0.3 is 13.7 Å². The second kappa shape index (κ2) is 14.3. The summed E-state index contributed by atoms with van der Waals surface area (Å²) in [6, 6.07) is 66.9. The number of rotatable bonds is 5. The van der Waals surface area contributed by atoms with Crippen molar-refractivity contribution in [1.82, 2.24) is 4.98 Å². The van der Waals surface area contributed by atoms with E-state index in [0.29, 0.717) is 0 Å².